The topological polar surface area (TPSA) is 151 Å². The lowest BCUT2D eigenvalue weighted by Gasteiger charge is -2.10. The molecule has 2 aromatic carbocycles. The predicted molar refractivity (Wildman–Crippen MR) is 113 cm³/mol. The van der Waals surface area contributed by atoms with Crippen molar-refractivity contribution in [2.24, 2.45) is 5.73 Å². The van der Waals surface area contributed by atoms with Crippen LogP contribution in [0.15, 0.2) is 54.6 Å². The van der Waals surface area contributed by atoms with Gasteiger partial charge in [-0.2, -0.15) is 0 Å². The molecule has 1 aromatic heterocycles. The molecule has 3 N–H and O–H groups in total. The van der Waals surface area contributed by atoms with Crippen molar-refractivity contribution in [2.75, 3.05) is 5.32 Å². The van der Waals surface area contributed by atoms with Crippen LogP contribution in [0.3, 0.4) is 0 Å². The largest absolute Gasteiger partial charge is 0.381 e. The molecule has 10 nitrogen and oxygen atoms in total. The molecule has 2 amide bonds. The average molecular weight is 441 g/mol. The Morgan fingerprint density at radius 3 is 2.55 bits per heavy atom. The van der Waals surface area contributed by atoms with Gasteiger partial charge in [0.2, 0.25) is 0 Å². The van der Waals surface area contributed by atoms with Gasteiger partial charge in [0.15, 0.2) is 5.75 Å². The Morgan fingerprint density at radius 1 is 1.16 bits per heavy atom. The van der Waals surface area contributed by atoms with Crippen LogP contribution in [-0.4, -0.2) is 22.7 Å². The van der Waals surface area contributed by atoms with E-state index in [0.29, 0.717) is 10.1 Å². The number of non-ortho nitro benzene ring substituents is 1. The van der Waals surface area contributed by atoms with Gasteiger partial charge in [0.1, 0.15) is 0 Å². The van der Waals surface area contributed by atoms with Crippen molar-refractivity contribution in [1.82, 2.24) is 0 Å². The molecule has 0 saturated carbocycles. The number of anilines is 1. The zero-order chi connectivity index (χ0) is 22.7. The van der Waals surface area contributed by atoms with E-state index in [1.54, 1.807) is 6.07 Å². The van der Waals surface area contributed by atoms with Gasteiger partial charge in [-0.15, -0.1) is 11.3 Å². The molecule has 0 aliphatic rings. The molecule has 0 aliphatic carbocycles. The summed E-state index contributed by atoms with van der Waals surface area (Å²) < 4.78 is 0.689. The van der Waals surface area contributed by atoms with Gasteiger partial charge >= 0.3 is 5.97 Å². The molecule has 0 bridgehead atoms. The molecule has 31 heavy (non-hydrogen) atoms. The predicted octanol–water partition coefficient (Wildman–Crippen LogP) is 3.57. The van der Waals surface area contributed by atoms with Crippen molar-refractivity contribution < 1.29 is 29.1 Å². The molecule has 3 rings (SSSR count). The van der Waals surface area contributed by atoms with Crippen LogP contribution >= 0.6 is 11.3 Å². The molecule has 0 spiro atoms. The Morgan fingerprint density at radius 2 is 1.90 bits per heavy atom. The van der Waals surface area contributed by atoms with Crippen LogP contribution in [0.1, 0.15) is 27.0 Å². The Hall–Kier alpha value is -4.25. The number of nitro benzene ring substituents is 1. The van der Waals surface area contributed by atoms with Gasteiger partial charge in [0.25, 0.3) is 17.5 Å². The van der Waals surface area contributed by atoms with E-state index in [-0.39, 0.29) is 33.1 Å². The van der Waals surface area contributed by atoms with Crippen molar-refractivity contribution in [3.05, 3.63) is 75.2 Å². The Balaban J connectivity index is 1.82. The maximum atomic E-state index is 12.7. The molecular weight excluding hydrogens is 426 g/mol. The third-order valence-corrected chi connectivity index (χ3v) is 5.12. The van der Waals surface area contributed by atoms with Crippen LogP contribution < -0.4 is 15.9 Å². The number of rotatable bonds is 7. The van der Waals surface area contributed by atoms with Crippen LogP contribution in [0.5, 0.6) is 5.75 Å². The van der Waals surface area contributed by atoms with Gasteiger partial charge in [0.05, 0.1) is 21.1 Å². The SMILES string of the molecule is C=C(C)C(=O)OOc1ccc(NC(=O)c2cc3cc([N+](=O)[O-])ccc3s2)c(C(N)=O)c1. The number of carbonyl (C=O) groups excluding carboxylic acids is 3. The second-order valence-electron chi connectivity index (χ2n) is 6.35. The summed E-state index contributed by atoms with van der Waals surface area (Å²) in [5.74, 6) is -2.16. The van der Waals surface area contributed by atoms with Gasteiger partial charge in [-0.3, -0.25) is 24.6 Å². The van der Waals surface area contributed by atoms with Gasteiger partial charge in [0, 0.05) is 33.9 Å². The lowest BCUT2D eigenvalue weighted by Crippen LogP contribution is -2.18. The highest BCUT2D eigenvalue weighted by Gasteiger charge is 2.17. The first-order valence-corrected chi connectivity index (χ1v) is 9.45. The van der Waals surface area contributed by atoms with Crippen molar-refractivity contribution in [2.45, 2.75) is 6.92 Å². The number of fused-ring (bicyclic) bond motifs is 1. The molecular formula is C20H15N3O7S. The fourth-order valence-electron chi connectivity index (χ4n) is 2.49. The van der Waals surface area contributed by atoms with Crippen molar-refractivity contribution in [3.63, 3.8) is 0 Å². The number of carbonyl (C=O) groups is 3. The normalized spacial score (nSPS) is 10.4. The number of amides is 2. The fraction of sp³-hybridized carbons (Fsp3) is 0.0500. The summed E-state index contributed by atoms with van der Waals surface area (Å²) in [5, 5.41) is 14.0. The number of nitro groups is 1. The summed E-state index contributed by atoms with van der Waals surface area (Å²) in [6.45, 7) is 4.85. The first-order valence-electron chi connectivity index (χ1n) is 8.63. The van der Waals surface area contributed by atoms with E-state index >= 15 is 0 Å². The number of benzene rings is 2. The second kappa shape index (κ2) is 8.63. The molecule has 0 radical (unpaired) electrons. The zero-order valence-electron chi connectivity index (χ0n) is 16.0. The second-order valence-corrected chi connectivity index (χ2v) is 7.43. The third kappa shape index (κ3) is 4.85. The molecule has 1 heterocycles. The molecule has 0 unspecified atom stereocenters. The van der Waals surface area contributed by atoms with Crippen molar-refractivity contribution in [1.29, 1.82) is 0 Å². The molecule has 158 valence electrons. The lowest BCUT2D eigenvalue weighted by atomic mass is 10.1. The van der Waals surface area contributed by atoms with Crippen LogP contribution in [0.25, 0.3) is 10.1 Å². The summed E-state index contributed by atoms with van der Waals surface area (Å²) in [4.78, 5) is 55.9. The maximum Gasteiger partial charge on any atom is 0.381 e. The van der Waals surface area contributed by atoms with E-state index in [2.05, 4.69) is 16.8 Å². The monoisotopic (exact) mass is 441 g/mol. The van der Waals surface area contributed by atoms with Crippen LogP contribution in [-0.2, 0) is 9.68 Å². The molecule has 0 saturated heterocycles. The van der Waals surface area contributed by atoms with Crippen LogP contribution in [0.4, 0.5) is 11.4 Å². The van der Waals surface area contributed by atoms with E-state index in [1.807, 2.05) is 0 Å². The summed E-state index contributed by atoms with van der Waals surface area (Å²) in [6.07, 6.45) is 0. The number of nitrogens with one attached hydrogen (secondary N) is 1. The van der Waals surface area contributed by atoms with Crippen molar-refractivity contribution >= 4 is 50.6 Å². The first-order chi connectivity index (χ1) is 14.7. The summed E-state index contributed by atoms with van der Waals surface area (Å²) >= 11 is 1.14. The minimum Gasteiger partial charge on any atom is -0.366 e. The van der Waals surface area contributed by atoms with Gasteiger partial charge in [-0.25, -0.2) is 9.68 Å². The molecule has 0 aliphatic heterocycles. The number of hydrogen-bond acceptors (Lipinski definition) is 8. The van der Waals surface area contributed by atoms with E-state index in [9.17, 15) is 24.5 Å². The summed E-state index contributed by atoms with van der Waals surface area (Å²) in [6, 6.07) is 9.73. The quantitative estimate of drug-likeness (QED) is 0.246. The number of thiophene rings is 1. The van der Waals surface area contributed by atoms with Crippen LogP contribution in [0, 0.1) is 10.1 Å². The number of hydrogen-bond donors (Lipinski definition) is 2. The molecule has 0 atom stereocenters. The highest BCUT2D eigenvalue weighted by molar-refractivity contribution is 7.20. The van der Waals surface area contributed by atoms with Gasteiger partial charge in [-0.1, -0.05) is 6.58 Å². The highest BCUT2D eigenvalue weighted by atomic mass is 32.1. The Bertz CT molecular complexity index is 1250. The molecule has 3 aromatic rings. The van der Waals surface area contributed by atoms with Gasteiger partial charge < -0.3 is 11.1 Å². The number of nitrogens with two attached hydrogens (primary N) is 1. The first kappa shape index (κ1) is 21.5. The van der Waals surface area contributed by atoms with E-state index in [1.165, 1.54) is 43.3 Å². The summed E-state index contributed by atoms with van der Waals surface area (Å²) in [7, 11) is 0. The molecule has 0 fully saturated rings. The van der Waals surface area contributed by atoms with E-state index in [4.69, 9.17) is 10.6 Å². The molecule has 11 heteroatoms. The minimum atomic E-state index is -0.848. The standard InChI is InChI=1S/C20H15N3O7S/c1-10(2)20(26)30-29-13-4-5-15(14(9-13)18(21)24)22-19(25)17-8-11-7-12(23(27)28)3-6-16(11)31-17/h3-9H,1H2,2H3,(H2,21,24)(H,22,25). The number of nitrogens with zero attached hydrogens (tertiary/aromatic N) is 1. The van der Waals surface area contributed by atoms with E-state index in [0.717, 1.165) is 11.3 Å². The number of primary amides is 1. The van der Waals surface area contributed by atoms with Crippen LogP contribution in [0.2, 0.25) is 0 Å². The Labute approximate surface area is 178 Å². The fourth-order valence-corrected chi connectivity index (χ4v) is 3.42. The van der Waals surface area contributed by atoms with E-state index < -0.39 is 22.7 Å². The average Bonchev–Trinajstić information content (AvgIpc) is 3.15. The minimum absolute atomic E-state index is 0.00979. The lowest BCUT2D eigenvalue weighted by molar-refractivity contribution is -0.384. The highest BCUT2D eigenvalue weighted by Crippen LogP contribution is 2.30. The van der Waals surface area contributed by atoms with Gasteiger partial charge in [-0.05, 0) is 31.2 Å². The summed E-state index contributed by atoms with van der Waals surface area (Å²) in [5.41, 5.74) is 5.45. The third-order valence-electron chi connectivity index (χ3n) is 4.00. The van der Waals surface area contributed by atoms with Crippen molar-refractivity contribution in [3.8, 4) is 5.75 Å². The Kier molecular flexibility index (Phi) is 5.97. The smallest absolute Gasteiger partial charge is 0.366 e. The zero-order valence-corrected chi connectivity index (χ0v) is 16.9. The maximum absolute atomic E-state index is 12.7.